The van der Waals surface area contributed by atoms with Gasteiger partial charge in [0.1, 0.15) is 11.8 Å². The van der Waals surface area contributed by atoms with E-state index in [-0.39, 0.29) is 17.2 Å². The van der Waals surface area contributed by atoms with Crippen molar-refractivity contribution in [1.29, 1.82) is 0 Å². The maximum absolute atomic E-state index is 13.1. The summed E-state index contributed by atoms with van der Waals surface area (Å²) in [4.78, 5) is 27.0. The van der Waals surface area contributed by atoms with Crippen LogP contribution in [0.25, 0.3) is 0 Å². The van der Waals surface area contributed by atoms with Crippen LogP contribution >= 0.6 is 0 Å². The lowest BCUT2D eigenvalue weighted by Gasteiger charge is -2.28. The molecule has 0 unspecified atom stereocenters. The van der Waals surface area contributed by atoms with Gasteiger partial charge >= 0.3 is 0 Å². The number of benzene rings is 2. The molecule has 2 aromatic rings. The molecule has 1 atom stereocenters. The average molecular weight is 411 g/mol. The van der Waals surface area contributed by atoms with Crippen molar-refractivity contribution >= 4 is 11.8 Å². The summed E-state index contributed by atoms with van der Waals surface area (Å²) in [7, 11) is 3.20. The Hall–Kier alpha value is -2.82. The van der Waals surface area contributed by atoms with Gasteiger partial charge in [-0.05, 0) is 47.6 Å². The Labute approximate surface area is 180 Å². The van der Waals surface area contributed by atoms with Gasteiger partial charge in [-0.15, -0.1) is 0 Å². The number of hydrogen-bond acceptors (Lipinski definition) is 3. The van der Waals surface area contributed by atoms with E-state index in [1.165, 1.54) is 5.56 Å². The zero-order valence-corrected chi connectivity index (χ0v) is 19.0. The quantitative estimate of drug-likeness (QED) is 0.713. The van der Waals surface area contributed by atoms with E-state index in [4.69, 9.17) is 4.74 Å². The van der Waals surface area contributed by atoms with E-state index in [9.17, 15) is 9.59 Å². The molecule has 2 amide bonds. The Morgan fingerprint density at radius 3 is 2.30 bits per heavy atom. The normalized spacial score (nSPS) is 12.2. The van der Waals surface area contributed by atoms with E-state index in [0.29, 0.717) is 19.4 Å². The minimum atomic E-state index is -0.558. The van der Waals surface area contributed by atoms with Gasteiger partial charge in [-0.25, -0.2) is 0 Å². The molecule has 5 nitrogen and oxygen atoms in total. The smallest absolute Gasteiger partial charge is 0.242 e. The van der Waals surface area contributed by atoms with E-state index in [2.05, 4.69) is 50.4 Å². The standard InChI is InChI=1S/C25H34N2O3/c1-18(24(29)26-5)27(17-20-8-7-9-22(16-20)30-6)23(28)15-12-19-10-13-21(14-11-19)25(2,3)4/h7-11,13-14,16,18H,12,15,17H2,1-6H3,(H,26,29)/t18-/m0/s1. The lowest BCUT2D eigenvalue weighted by Crippen LogP contribution is -2.46. The zero-order chi connectivity index (χ0) is 22.3. The number of nitrogens with one attached hydrogen (secondary N) is 1. The minimum absolute atomic E-state index is 0.0474. The third kappa shape index (κ3) is 6.34. The fourth-order valence-corrected chi connectivity index (χ4v) is 3.33. The molecule has 0 aliphatic heterocycles. The van der Waals surface area contributed by atoms with Crippen LogP contribution in [0, 0.1) is 0 Å². The number of amides is 2. The highest BCUT2D eigenvalue weighted by Crippen LogP contribution is 2.23. The summed E-state index contributed by atoms with van der Waals surface area (Å²) in [5.74, 6) is 0.501. The molecule has 0 fully saturated rings. The fraction of sp³-hybridized carbons (Fsp3) is 0.440. The molecule has 2 rings (SSSR count). The number of ether oxygens (including phenoxy) is 1. The molecule has 0 aromatic heterocycles. The summed E-state index contributed by atoms with van der Waals surface area (Å²) in [6.45, 7) is 8.66. The van der Waals surface area contributed by atoms with E-state index >= 15 is 0 Å². The summed E-state index contributed by atoms with van der Waals surface area (Å²) >= 11 is 0. The van der Waals surface area contributed by atoms with Gasteiger partial charge in [0.05, 0.1) is 7.11 Å². The monoisotopic (exact) mass is 410 g/mol. The van der Waals surface area contributed by atoms with Crippen molar-refractivity contribution in [3.63, 3.8) is 0 Å². The van der Waals surface area contributed by atoms with Gasteiger partial charge in [0.2, 0.25) is 11.8 Å². The lowest BCUT2D eigenvalue weighted by molar-refractivity contribution is -0.140. The van der Waals surface area contributed by atoms with Crippen LogP contribution in [-0.4, -0.2) is 36.9 Å². The van der Waals surface area contributed by atoms with Crippen molar-refractivity contribution in [2.24, 2.45) is 0 Å². The SMILES string of the molecule is CNC(=O)[C@H](C)N(Cc1cccc(OC)c1)C(=O)CCc1ccc(C(C)(C)C)cc1. The first kappa shape index (κ1) is 23.5. The maximum atomic E-state index is 13.1. The van der Waals surface area contributed by atoms with Crippen LogP contribution < -0.4 is 10.1 Å². The predicted octanol–water partition coefficient (Wildman–Crippen LogP) is 4.09. The van der Waals surface area contributed by atoms with Crippen molar-refractivity contribution in [3.05, 3.63) is 65.2 Å². The summed E-state index contributed by atoms with van der Waals surface area (Å²) in [6, 6.07) is 15.4. The molecule has 0 radical (unpaired) electrons. The Balaban J connectivity index is 2.12. The second-order valence-electron chi connectivity index (χ2n) is 8.61. The van der Waals surface area contributed by atoms with E-state index in [1.807, 2.05) is 24.3 Å². The molecule has 0 saturated carbocycles. The number of aryl methyl sites for hydroxylation is 1. The Morgan fingerprint density at radius 1 is 1.07 bits per heavy atom. The number of carbonyl (C=O) groups excluding carboxylic acids is 2. The van der Waals surface area contributed by atoms with Crippen LogP contribution in [0.4, 0.5) is 0 Å². The van der Waals surface area contributed by atoms with Crippen molar-refractivity contribution in [1.82, 2.24) is 10.2 Å². The van der Waals surface area contributed by atoms with Crippen LogP contribution in [0.3, 0.4) is 0 Å². The van der Waals surface area contributed by atoms with Crippen LogP contribution in [-0.2, 0) is 28.0 Å². The van der Waals surface area contributed by atoms with Gasteiger partial charge in [0.15, 0.2) is 0 Å². The number of carbonyl (C=O) groups is 2. The average Bonchev–Trinajstić information content (AvgIpc) is 2.74. The number of likely N-dealkylation sites (N-methyl/N-ethyl adjacent to an activating group) is 1. The molecule has 2 aromatic carbocycles. The maximum Gasteiger partial charge on any atom is 0.242 e. The van der Waals surface area contributed by atoms with Gasteiger partial charge < -0.3 is 15.0 Å². The number of hydrogen-bond donors (Lipinski definition) is 1. The summed E-state index contributed by atoms with van der Waals surface area (Å²) in [6.07, 6.45) is 0.985. The lowest BCUT2D eigenvalue weighted by atomic mass is 9.86. The Bertz CT molecular complexity index is 853. The third-order valence-corrected chi connectivity index (χ3v) is 5.35. The number of nitrogens with zero attached hydrogens (tertiary/aromatic N) is 1. The van der Waals surface area contributed by atoms with Gasteiger partial charge in [0, 0.05) is 20.0 Å². The van der Waals surface area contributed by atoms with Gasteiger partial charge in [-0.2, -0.15) is 0 Å². The molecule has 0 spiro atoms. The molecular weight excluding hydrogens is 376 g/mol. The van der Waals surface area contributed by atoms with Crippen LogP contribution in [0.2, 0.25) is 0 Å². The number of rotatable bonds is 8. The summed E-state index contributed by atoms with van der Waals surface area (Å²) < 4.78 is 5.28. The first-order valence-electron chi connectivity index (χ1n) is 10.4. The summed E-state index contributed by atoms with van der Waals surface area (Å²) in [5, 5.41) is 2.65. The predicted molar refractivity (Wildman–Crippen MR) is 121 cm³/mol. The van der Waals surface area contributed by atoms with Gasteiger partial charge in [-0.1, -0.05) is 57.2 Å². The second kappa shape index (κ2) is 10.3. The van der Waals surface area contributed by atoms with Crippen molar-refractivity contribution in [3.8, 4) is 5.75 Å². The van der Waals surface area contributed by atoms with Crippen molar-refractivity contribution < 1.29 is 14.3 Å². The van der Waals surface area contributed by atoms with E-state index in [1.54, 1.807) is 26.0 Å². The van der Waals surface area contributed by atoms with Crippen molar-refractivity contribution in [2.75, 3.05) is 14.2 Å². The van der Waals surface area contributed by atoms with Gasteiger partial charge in [0.25, 0.3) is 0 Å². The highest BCUT2D eigenvalue weighted by Gasteiger charge is 2.25. The molecule has 0 heterocycles. The zero-order valence-electron chi connectivity index (χ0n) is 19.0. The third-order valence-electron chi connectivity index (χ3n) is 5.35. The molecule has 0 aliphatic rings. The molecule has 1 N–H and O–H groups in total. The van der Waals surface area contributed by atoms with Crippen molar-refractivity contribution in [2.45, 2.75) is 58.5 Å². The highest BCUT2D eigenvalue weighted by atomic mass is 16.5. The first-order valence-corrected chi connectivity index (χ1v) is 10.4. The second-order valence-corrected chi connectivity index (χ2v) is 8.61. The van der Waals surface area contributed by atoms with Gasteiger partial charge in [-0.3, -0.25) is 9.59 Å². The first-order chi connectivity index (χ1) is 14.2. The van der Waals surface area contributed by atoms with Crippen LogP contribution in [0.1, 0.15) is 50.8 Å². The van der Waals surface area contributed by atoms with Crippen LogP contribution in [0.5, 0.6) is 5.75 Å². The molecule has 0 saturated heterocycles. The largest absolute Gasteiger partial charge is 0.497 e. The highest BCUT2D eigenvalue weighted by molar-refractivity contribution is 5.87. The molecule has 0 bridgehead atoms. The molecule has 0 aliphatic carbocycles. The number of methoxy groups -OCH3 is 1. The van der Waals surface area contributed by atoms with Crippen LogP contribution in [0.15, 0.2) is 48.5 Å². The molecular formula is C25H34N2O3. The Morgan fingerprint density at radius 2 is 1.73 bits per heavy atom. The molecule has 162 valence electrons. The fourth-order valence-electron chi connectivity index (χ4n) is 3.33. The minimum Gasteiger partial charge on any atom is -0.497 e. The summed E-state index contributed by atoms with van der Waals surface area (Å²) in [5.41, 5.74) is 3.41. The van der Waals surface area contributed by atoms with E-state index < -0.39 is 6.04 Å². The topological polar surface area (TPSA) is 58.6 Å². The molecule has 5 heteroatoms. The molecule has 30 heavy (non-hydrogen) atoms. The Kier molecular flexibility index (Phi) is 8.04. The van der Waals surface area contributed by atoms with E-state index in [0.717, 1.165) is 16.9 Å².